The van der Waals surface area contributed by atoms with Crippen molar-refractivity contribution in [1.29, 1.82) is 0 Å². The third kappa shape index (κ3) is 3.54. The van der Waals surface area contributed by atoms with E-state index in [1.807, 2.05) is 13.8 Å². The van der Waals surface area contributed by atoms with Crippen molar-refractivity contribution in [2.24, 2.45) is 0 Å². The summed E-state index contributed by atoms with van der Waals surface area (Å²) in [6.45, 7) is 3.75. The lowest BCUT2D eigenvalue weighted by atomic mass is 9.90. The molecule has 28 heavy (non-hydrogen) atoms. The molecule has 2 aromatic carbocycles. The van der Waals surface area contributed by atoms with Gasteiger partial charge in [0.2, 0.25) is 0 Å². The molecule has 2 atom stereocenters. The largest absolute Gasteiger partial charge is 0.487 e. The van der Waals surface area contributed by atoms with Crippen molar-refractivity contribution >= 4 is 11.7 Å². The number of fused-ring (bicyclic) bond motifs is 2. The summed E-state index contributed by atoms with van der Waals surface area (Å²) in [5, 5.41) is 15.5. The van der Waals surface area contributed by atoms with Crippen molar-refractivity contribution in [3.05, 3.63) is 58.7 Å². The second-order valence-electron chi connectivity index (χ2n) is 8.01. The Morgan fingerprint density at radius 2 is 1.93 bits per heavy atom. The number of nitrogens with one attached hydrogen (secondary N) is 2. The molecule has 3 N–H and O–H groups in total. The molecule has 2 aliphatic rings. The van der Waals surface area contributed by atoms with Gasteiger partial charge in [0.1, 0.15) is 23.0 Å². The van der Waals surface area contributed by atoms with E-state index < -0.39 is 23.6 Å². The third-order valence-electron chi connectivity index (χ3n) is 5.24. The van der Waals surface area contributed by atoms with Crippen LogP contribution in [0.3, 0.4) is 0 Å². The highest BCUT2D eigenvalue weighted by Crippen LogP contribution is 2.40. The first-order valence-electron chi connectivity index (χ1n) is 9.26. The molecule has 2 amide bonds. The van der Waals surface area contributed by atoms with Crippen LogP contribution in [-0.2, 0) is 12.8 Å². The van der Waals surface area contributed by atoms with Crippen LogP contribution in [0.1, 0.15) is 43.0 Å². The first kappa shape index (κ1) is 18.7. The zero-order chi connectivity index (χ0) is 20.1. The smallest absolute Gasteiger partial charge is 0.319 e. The van der Waals surface area contributed by atoms with Crippen LogP contribution in [0.2, 0.25) is 0 Å². The van der Waals surface area contributed by atoms with Crippen molar-refractivity contribution < 1.29 is 23.4 Å². The zero-order valence-electron chi connectivity index (χ0n) is 15.7. The molecule has 1 heterocycles. The molecule has 0 aromatic heterocycles. The number of aliphatic hydroxyl groups is 1. The summed E-state index contributed by atoms with van der Waals surface area (Å²) in [4.78, 5) is 12.6. The Hall–Kier alpha value is -2.67. The number of carbonyl (C=O) groups excluding carboxylic acids is 1. The standard InChI is InChI=1S/C21H22F2N2O3/c1-21(2)10-18(13-4-3-11(22)7-19(13)28-21)25-20(27)24-17-6-5-16(23)14-8-12(26)9-15(14)17/h3-7,12,18,26H,8-10H2,1-2H3,(H2,24,25,27)/t12-,18-/m1/s1. The quantitative estimate of drug-likeness (QED) is 0.732. The number of hydrogen-bond donors (Lipinski definition) is 3. The fourth-order valence-corrected chi connectivity index (χ4v) is 4.05. The summed E-state index contributed by atoms with van der Waals surface area (Å²) in [7, 11) is 0. The van der Waals surface area contributed by atoms with Crippen LogP contribution >= 0.6 is 0 Å². The maximum Gasteiger partial charge on any atom is 0.319 e. The van der Waals surface area contributed by atoms with Gasteiger partial charge in [0, 0.05) is 36.6 Å². The number of carbonyl (C=O) groups is 1. The Morgan fingerprint density at radius 1 is 1.18 bits per heavy atom. The average Bonchev–Trinajstić information content (AvgIpc) is 2.98. The third-order valence-corrected chi connectivity index (χ3v) is 5.24. The van der Waals surface area contributed by atoms with Gasteiger partial charge in [-0.1, -0.05) is 6.07 Å². The summed E-state index contributed by atoms with van der Waals surface area (Å²) in [6, 6.07) is 6.24. The van der Waals surface area contributed by atoms with E-state index in [-0.39, 0.29) is 18.3 Å². The minimum absolute atomic E-state index is 0.241. The Balaban J connectivity index is 1.55. The number of rotatable bonds is 2. The monoisotopic (exact) mass is 388 g/mol. The molecule has 0 saturated heterocycles. The molecule has 148 valence electrons. The van der Waals surface area contributed by atoms with Gasteiger partial charge in [0.15, 0.2) is 0 Å². The molecule has 7 heteroatoms. The van der Waals surface area contributed by atoms with Gasteiger partial charge in [-0.3, -0.25) is 0 Å². The van der Waals surface area contributed by atoms with Gasteiger partial charge in [-0.25, -0.2) is 13.6 Å². The maximum absolute atomic E-state index is 14.0. The molecule has 1 aliphatic carbocycles. The number of urea groups is 1. The Morgan fingerprint density at radius 3 is 2.71 bits per heavy atom. The second kappa shape index (κ2) is 6.74. The van der Waals surface area contributed by atoms with Gasteiger partial charge < -0.3 is 20.5 Å². The molecular formula is C21H22F2N2O3. The molecule has 0 spiro atoms. The van der Waals surface area contributed by atoms with Crippen molar-refractivity contribution in [2.45, 2.75) is 50.9 Å². The molecule has 0 saturated carbocycles. The van der Waals surface area contributed by atoms with Gasteiger partial charge in [0.05, 0.1) is 12.1 Å². The summed E-state index contributed by atoms with van der Waals surface area (Å²) in [5.74, 6) is -0.368. The predicted octanol–water partition coefficient (Wildman–Crippen LogP) is 3.85. The summed E-state index contributed by atoms with van der Waals surface area (Å²) in [6.07, 6.45) is 0.411. The lowest BCUT2D eigenvalue weighted by Gasteiger charge is -2.37. The van der Waals surface area contributed by atoms with Crippen LogP contribution in [0.4, 0.5) is 19.3 Å². The molecule has 4 rings (SSSR count). The van der Waals surface area contributed by atoms with Crippen LogP contribution in [0.15, 0.2) is 30.3 Å². The number of anilines is 1. The van der Waals surface area contributed by atoms with Crippen molar-refractivity contribution in [3.63, 3.8) is 0 Å². The Labute approximate surface area is 161 Å². The fraction of sp³-hybridized carbons (Fsp3) is 0.381. The summed E-state index contributed by atoms with van der Waals surface area (Å²) >= 11 is 0. The lowest BCUT2D eigenvalue weighted by Crippen LogP contribution is -2.42. The fourth-order valence-electron chi connectivity index (χ4n) is 4.05. The van der Waals surface area contributed by atoms with Crippen molar-refractivity contribution in [2.75, 3.05) is 5.32 Å². The van der Waals surface area contributed by atoms with Crippen LogP contribution < -0.4 is 15.4 Å². The predicted molar refractivity (Wildman–Crippen MR) is 100 cm³/mol. The van der Waals surface area contributed by atoms with E-state index in [1.54, 1.807) is 6.07 Å². The first-order chi connectivity index (χ1) is 13.2. The summed E-state index contributed by atoms with van der Waals surface area (Å²) in [5.41, 5.74) is 1.68. The van der Waals surface area contributed by atoms with Crippen molar-refractivity contribution in [1.82, 2.24) is 5.32 Å². The van der Waals surface area contributed by atoms with Crippen LogP contribution in [-0.4, -0.2) is 22.8 Å². The average molecular weight is 388 g/mol. The number of amides is 2. The number of benzene rings is 2. The summed E-state index contributed by atoms with van der Waals surface area (Å²) < 4.78 is 33.4. The number of hydrogen-bond acceptors (Lipinski definition) is 3. The highest BCUT2D eigenvalue weighted by Gasteiger charge is 2.35. The van der Waals surface area contributed by atoms with E-state index in [4.69, 9.17) is 4.74 Å². The molecule has 0 fully saturated rings. The van der Waals surface area contributed by atoms with E-state index in [0.717, 1.165) is 0 Å². The highest BCUT2D eigenvalue weighted by atomic mass is 19.1. The lowest BCUT2D eigenvalue weighted by molar-refractivity contribution is 0.0678. The van der Waals surface area contributed by atoms with Crippen LogP contribution in [0.5, 0.6) is 5.75 Å². The molecule has 0 radical (unpaired) electrons. The van der Waals surface area contributed by atoms with Gasteiger partial charge in [-0.05, 0) is 43.2 Å². The molecular weight excluding hydrogens is 366 g/mol. The van der Waals surface area contributed by atoms with E-state index in [2.05, 4.69) is 10.6 Å². The van der Waals surface area contributed by atoms with Gasteiger partial charge in [-0.15, -0.1) is 0 Å². The zero-order valence-corrected chi connectivity index (χ0v) is 15.7. The topological polar surface area (TPSA) is 70.6 Å². The Bertz CT molecular complexity index is 945. The molecule has 1 aliphatic heterocycles. The van der Waals surface area contributed by atoms with Gasteiger partial charge in [0.25, 0.3) is 0 Å². The number of ether oxygens (including phenoxy) is 1. The van der Waals surface area contributed by atoms with E-state index in [1.165, 1.54) is 24.3 Å². The van der Waals surface area contributed by atoms with Crippen LogP contribution in [0.25, 0.3) is 0 Å². The first-order valence-corrected chi connectivity index (χ1v) is 9.26. The molecule has 5 nitrogen and oxygen atoms in total. The second-order valence-corrected chi connectivity index (χ2v) is 8.01. The molecule has 0 unspecified atom stereocenters. The number of halogens is 2. The normalized spacial score (nSPS) is 22.0. The van der Waals surface area contributed by atoms with Gasteiger partial charge >= 0.3 is 6.03 Å². The highest BCUT2D eigenvalue weighted by molar-refractivity contribution is 5.91. The Kier molecular flexibility index (Phi) is 4.50. The minimum atomic E-state index is -0.645. The van der Waals surface area contributed by atoms with Crippen molar-refractivity contribution in [3.8, 4) is 5.75 Å². The van der Waals surface area contributed by atoms with E-state index in [9.17, 15) is 18.7 Å². The van der Waals surface area contributed by atoms with Crippen LogP contribution in [0, 0.1) is 11.6 Å². The van der Waals surface area contributed by atoms with E-state index in [0.29, 0.717) is 41.0 Å². The number of aliphatic hydroxyl groups excluding tert-OH is 1. The SMILES string of the molecule is CC1(C)C[C@@H](NC(=O)Nc2ccc(F)c3c2C[C@H](O)C3)c2ccc(F)cc2O1. The molecule has 2 aromatic rings. The molecule has 0 bridgehead atoms. The van der Waals surface area contributed by atoms with E-state index >= 15 is 0 Å². The minimum Gasteiger partial charge on any atom is -0.487 e. The maximum atomic E-state index is 14.0. The van der Waals surface area contributed by atoms with Gasteiger partial charge in [-0.2, -0.15) is 0 Å².